The molecule has 1 aliphatic carbocycles. The molecule has 2 aliphatic heterocycles. The van der Waals surface area contributed by atoms with Gasteiger partial charge in [0, 0.05) is 35.1 Å². The van der Waals surface area contributed by atoms with Crippen molar-refractivity contribution in [1.82, 2.24) is 24.8 Å². The van der Waals surface area contributed by atoms with Crippen LogP contribution in [-0.2, 0) is 21.6 Å². The summed E-state index contributed by atoms with van der Waals surface area (Å²) >= 11 is 0. The molecule has 2 fully saturated rings. The average Bonchev–Trinajstić information content (AvgIpc) is 3.63. The molecule has 250 valence electrons. The fraction of sp³-hybridized carbons (Fsp3) is 0.395. The highest BCUT2D eigenvalue weighted by Crippen LogP contribution is 2.47. The first kappa shape index (κ1) is 32.2. The number of carbonyl (C=O) groups is 2. The van der Waals surface area contributed by atoms with Crippen molar-refractivity contribution in [2.45, 2.75) is 62.9 Å². The van der Waals surface area contributed by atoms with Crippen molar-refractivity contribution in [3.63, 3.8) is 0 Å². The van der Waals surface area contributed by atoms with Gasteiger partial charge in [0.25, 0.3) is 5.91 Å². The second-order valence-electron chi connectivity index (χ2n) is 13.3. The number of ether oxygens (including phenoxy) is 2. The third-order valence-corrected chi connectivity index (χ3v) is 10.6. The summed E-state index contributed by atoms with van der Waals surface area (Å²) in [5, 5.41) is 4.69. The third-order valence-electron chi connectivity index (χ3n) is 10.6. The van der Waals surface area contributed by atoms with Crippen LogP contribution in [0.25, 0.3) is 33.2 Å². The van der Waals surface area contributed by atoms with Crippen molar-refractivity contribution < 1.29 is 19.1 Å². The van der Waals surface area contributed by atoms with Gasteiger partial charge in [0.05, 0.1) is 36.9 Å². The first-order valence-corrected chi connectivity index (χ1v) is 17.0. The number of para-hydroxylation sites is 3. The molecule has 8 rings (SSSR count). The predicted octanol–water partition coefficient (Wildman–Crippen LogP) is 6.94. The van der Waals surface area contributed by atoms with Gasteiger partial charge in [-0.3, -0.25) is 14.5 Å². The highest BCUT2D eigenvalue weighted by molar-refractivity contribution is 6.01. The summed E-state index contributed by atoms with van der Waals surface area (Å²) in [6, 6.07) is 22.6. The molecule has 2 aromatic heterocycles. The fourth-order valence-electron chi connectivity index (χ4n) is 8.11. The molecular weight excluding hydrogens is 626 g/mol. The van der Waals surface area contributed by atoms with Crippen molar-refractivity contribution in [3.05, 3.63) is 83.7 Å². The van der Waals surface area contributed by atoms with Crippen LogP contribution < -0.4 is 10.1 Å². The minimum absolute atomic E-state index is 0. The van der Waals surface area contributed by atoms with E-state index in [4.69, 9.17) is 14.5 Å². The standard InChI is InChI=1S/C38H41N5O4.ClH/c1-46-33(44)24-42-19-17-38(18-20-42,37-39-29-12-6-7-13-30(29)40-37)41-36(45)26-15-16-27-31(23-26)43-21-22-47-32-14-8-5-11-28(32)35(43)34(27)25-9-3-2-4-10-25;/h5-8,11-16,23,25H,2-4,9-10,17-22,24H2,1H3,(H,39,40)(H,41,45);1H. The maximum atomic E-state index is 14.3. The minimum atomic E-state index is -0.714. The highest BCUT2D eigenvalue weighted by atomic mass is 35.5. The Hall–Kier alpha value is -4.34. The zero-order valence-electron chi connectivity index (χ0n) is 27.3. The lowest BCUT2D eigenvalue weighted by Crippen LogP contribution is -2.54. The molecule has 0 bridgehead atoms. The number of aromatic amines is 1. The van der Waals surface area contributed by atoms with Crippen molar-refractivity contribution >= 4 is 46.2 Å². The third kappa shape index (κ3) is 5.73. The molecule has 10 heteroatoms. The number of fused-ring (bicyclic) bond motifs is 6. The summed E-state index contributed by atoms with van der Waals surface area (Å²) in [6.45, 7) is 2.78. The fourth-order valence-corrected chi connectivity index (χ4v) is 8.11. The van der Waals surface area contributed by atoms with Crippen LogP contribution >= 0.6 is 12.4 Å². The van der Waals surface area contributed by atoms with E-state index in [1.165, 1.54) is 55.9 Å². The van der Waals surface area contributed by atoms with Crippen molar-refractivity contribution in [3.8, 4) is 17.0 Å². The number of aromatic nitrogens is 3. The minimum Gasteiger partial charge on any atom is -0.491 e. The molecule has 48 heavy (non-hydrogen) atoms. The molecule has 1 saturated heterocycles. The summed E-state index contributed by atoms with van der Waals surface area (Å²) in [5.74, 6) is 1.77. The van der Waals surface area contributed by atoms with E-state index in [1.54, 1.807) is 0 Å². The van der Waals surface area contributed by atoms with Gasteiger partial charge < -0.3 is 24.3 Å². The van der Waals surface area contributed by atoms with Crippen LogP contribution in [0.2, 0.25) is 0 Å². The number of imidazole rings is 1. The number of nitrogens with one attached hydrogen (secondary N) is 2. The number of hydrogen-bond donors (Lipinski definition) is 2. The SMILES string of the molecule is COC(=O)CN1CCC(NC(=O)c2ccc3c(C4CCCCC4)c4n(c3c2)CCOc2ccccc2-4)(c2nc3ccccc3[nH]2)CC1.Cl. The zero-order valence-corrected chi connectivity index (χ0v) is 28.1. The molecule has 0 radical (unpaired) electrons. The lowest BCUT2D eigenvalue weighted by Gasteiger charge is -2.40. The lowest BCUT2D eigenvalue weighted by molar-refractivity contribution is -0.142. The van der Waals surface area contributed by atoms with Crippen LogP contribution in [0.15, 0.2) is 66.7 Å². The summed E-state index contributed by atoms with van der Waals surface area (Å²) < 4.78 is 13.5. The second-order valence-corrected chi connectivity index (χ2v) is 13.3. The maximum absolute atomic E-state index is 14.3. The Morgan fingerprint density at radius 2 is 1.77 bits per heavy atom. The molecule has 5 aromatic rings. The Morgan fingerprint density at radius 1 is 1.00 bits per heavy atom. The Kier molecular flexibility index (Phi) is 8.92. The molecule has 1 amide bonds. The number of piperidine rings is 1. The molecule has 3 aromatic carbocycles. The smallest absolute Gasteiger partial charge is 0.319 e. The first-order chi connectivity index (χ1) is 23.0. The van der Waals surface area contributed by atoms with Crippen LogP contribution in [0.5, 0.6) is 5.75 Å². The van der Waals surface area contributed by atoms with Gasteiger partial charge in [0.2, 0.25) is 0 Å². The van der Waals surface area contributed by atoms with Gasteiger partial charge >= 0.3 is 5.97 Å². The molecule has 4 heterocycles. The number of halogens is 1. The zero-order chi connectivity index (χ0) is 32.0. The topological polar surface area (TPSA) is 101 Å². The van der Waals surface area contributed by atoms with E-state index in [0.29, 0.717) is 44.0 Å². The first-order valence-electron chi connectivity index (χ1n) is 17.0. The van der Waals surface area contributed by atoms with Crippen molar-refractivity contribution in [2.75, 3.05) is 33.4 Å². The van der Waals surface area contributed by atoms with Gasteiger partial charge in [-0.05, 0) is 73.6 Å². The quantitative estimate of drug-likeness (QED) is 0.190. The van der Waals surface area contributed by atoms with Gasteiger partial charge in [-0.15, -0.1) is 12.4 Å². The number of amides is 1. The van der Waals surface area contributed by atoms with Crippen LogP contribution in [0.1, 0.15) is 72.6 Å². The van der Waals surface area contributed by atoms with E-state index in [2.05, 4.69) is 50.1 Å². The number of nitrogens with zero attached hydrogens (tertiary/aromatic N) is 3. The summed E-state index contributed by atoms with van der Waals surface area (Å²) in [7, 11) is 1.41. The van der Waals surface area contributed by atoms with Gasteiger partial charge in [0.15, 0.2) is 0 Å². The van der Waals surface area contributed by atoms with Gasteiger partial charge in [0.1, 0.15) is 23.7 Å². The van der Waals surface area contributed by atoms with E-state index < -0.39 is 5.54 Å². The van der Waals surface area contributed by atoms with Gasteiger partial charge in [-0.2, -0.15) is 0 Å². The van der Waals surface area contributed by atoms with E-state index in [1.807, 2.05) is 36.4 Å². The van der Waals surface area contributed by atoms with Gasteiger partial charge in [-0.25, -0.2) is 4.98 Å². The normalized spacial score (nSPS) is 17.9. The number of hydrogen-bond acceptors (Lipinski definition) is 6. The summed E-state index contributed by atoms with van der Waals surface area (Å²) in [6.07, 6.45) is 7.37. The van der Waals surface area contributed by atoms with E-state index in [-0.39, 0.29) is 30.8 Å². The predicted molar refractivity (Wildman–Crippen MR) is 189 cm³/mol. The molecule has 0 spiro atoms. The van der Waals surface area contributed by atoms with Crippen LogP contribution in [0.4, 0.5) is 0 Å². The number of esters is 1. The number of H-pyrrole nitrogens is 1. The van der Waals surface area contributed by atoms with E-state index in [0.717, 1.165) is 40.2 Å². The van der Waals surface area contributed by atoms with Crippen LogP contribution in [0, 0.1) is 0 Å². The van der Waals surface area contributed by atoms with Gasteiger partial charge in [-0.1, -0.05) is 49.6 Å². The molecule has 9 nitrogen and oxygen atoms in total. The largest absolute Gasteiger partial charge is 0.491 e. The average molecular weight is 668 g/mol. The molecule has 0 unspecified atom stereocenters. The number of likely N-dealkylation sites (tertiary alicyclic amines) is 1. The number of rotatable bonds is 6. The summed E-state index contributed by atoms with van der Waals surface area (Å²) in [4.78, 5) is 36.9. The van der Waals surface area contributed by atoms with E-state index >= 15 is 0 Å². The number of carbonyl (C=O) groups excluding carboxylic acids is 2. The molecular formula is C38H42ClN5O4. The lowest BCUT2D eigenvalue weighted by atomic mass is 9.81. The number of methoxy groups -OCH3 is 1. The van der Waals surface area contributed by atoms with Crippen molar-refractivity contribution in [1.29, 1.82) is 0 Å². The Labute approximate surface area is 286 Å². The molecule has 2 N–H and O–H groups in total. The summed E-state index contributed by atoms with van der Waals surface area (Å²) in [5.41, 5.74) is 6.57. The van der Waals surface area contributed by atoms with E-state index in [9.17, 15) is 9.59 Å². The Balaban J connectivity index is 0.00000364. The number of benzene rings is 3. The highest BCUT2D eigenvalue weighted by Gasteiger charge is 2.41. The maximum Gasteiger partial charge on any atom is 0.319 e. The van der Waals surface area contributed by atoms with Crippen molar-refractivity contribution in [2.24, 2.45) is 0 Å². The second kappa shape index (κ2) is 13.3. The monoisotopic (exact) mass is 667 g/mol. The molecule has 1 saturated carbocycles. The molecule has 0 atom stereocenters. The van der Waals surface area contributed by atoms with Crippen LogP contribution in [0.3, 0.4) is 0 Å². The van der Waals surface area contributed by atoms with Crippen LogP contribution in [-0.4, -0.2) is 64.7 Å². The Morgan fingerprint density at radius 3 is 2.56 bits per heavy atom. The Bertz CT molecular complexity index is 1940. The molecule has 3 aliphatic rings.